The van der Waals surface area contributed by atoms with Gasteiger partial charge in [0.25, 0.3) is 5.91 Å². The van der Waals surface area contributed by atoms with Gasteiger partial charge >= 0.3 is 0 Å². The van der Waals surface area contributed by atoms with Crippen LogP contribution < -0.4 is 10.1 Å². The number of benzene rings is 2. The van der Waals surface area contributed by atoms with E-state index in [1.807, 2.05) is 65.4 Å². The van der Waals surface area contributed by atoms with Crippen molar-refractivity contribution in [3.63, 3.8) is 0 Å². The van der Waals surface area contributed by atoms with E-state index in [1.54, 1.807) is 12.5 Å². The van der Waals surface area contributed by atoms with Gasteiger partial charge in [-0.15, -0.1) is 0 Å². The van der Waals surface area contributed by atoms with Gasteiger partial charge in [-0.05, 0) is 36.4 Å². The van der Waals surface area contributed by atoms with Gasteiger partial charge in [-0.2, -0.15) is 0 Å². The van der Waals surface area contributed by atoms with Gasteiger partial charge in [0.2, 0.25) is 0 Å². The van der Waals surface area contributed by atoms with Crippen LogP contribution in [-0.4, -0.2) is 22.1 Å². The summed E-state index contributed by atoms with van der Waals surface area (Å²) in [6.07, 6.45) is 5.31. The minimum Gasteiger partial charge on any atom is -0.484 e. The molecule has 22 heavy (non-hydrogen) atoms. The molecule has 1 amide bonds. The van der Waals surface area contributed by atoms with E-state index in [0.717, 1.165) is 11.4 Å². The van der Waals surface area contributed by atoms with Gasteiger partial charge in [0.15, 0.2) is 6.61 Å². The smallest absolute Gasteiger partial charge is 0.262 e. The Morgan fingerprint density at radius 3 is 2.55 bits per heavy atom. The minimum atomic E-state index is -0.190. The lowest BCUT2D eigenvalue weighted by molar-refractivity contribution is -0.118. The Balaban J connectivity index is 1.54. The molecule has 1 N–H and O–H groups in total. The minimum absolute atomic E-state index is 0.0285. The van der Waals surface area contributed by atoms with E-state index in [2.05, 4.69) is 10.3 Å². The van der Waals surface area contributed by atoms with Crippen molar-refractivity contribution in [2.75, 3.05) is 11.9 Å². The number of imidazole rings is 1. The Kier molecular flexibility index (Phi) is 4.15. The number of carbonyl (C=O) groups excluding carboxylic acids is 1. The van der Waals surface area contributed by atoms with E-state index in [4.69, 9.17) is 4.74 Å². The maximum atomic E-state index is 11.8. The third-order valence-corrected chi connectivity index (χ3v) is 3.07. The predicted molar refractivity (Wildman–Crippen MR) is 84.1 cm³/mol. The number of nitrogens with zero attached hydrogens (tertiary/aromatic N) is 2. The molecule has 1 aromatic heterocycles. The van der Waals surface area contributed by atoms with Crippen molar-refractivity contribution in [3.05, 3.63) is 73.3 Å². The molecule has 0 saturated heterocycles. The number of carbonyl (C=O) groups is 1. The summed E-state index contributed by atoms with van der Waals surface area (Å²) in [5.41, 5.74) is 1.74. The lowest BCUT2D eigenvalue weighted by Crippen LogP contribution is -2.20. The van der Waals surface area contributed by atoms with Crippen molar-refractivity contribution in [2.24, 2.45) is 0 Å². The van der Waals surface area contributed by atoms with Crippen molar-refractivity contribution in [3.8, 4) is 11.4 Å². The first-order valence-electron chi connectivity index (χ1n) is 6.87. The molecule has 0 aliphatic rings. The molecule has 2 aromatic carbocycles. The van der Waals surface area contributed by atoms with E-state index in [0.29, 0.717) is 5.75 Å². The summed E-state index contributed by atoms with van der Waals surface area (Å²) in [5, 5.41) is 2.77. The van der Waals surface area contributed by atoms with Gasteiger partial charge in [0.1, 0.15) is 5.75 Å². The molecule has 0 aliphatic heterocycles. The van der Waals surface area contributed by atoms with Gasteiger partial charge in [-0.3, -0.25) is 4.79 Å². The summed E-state index contributed by atoms with van der Waals surface area (Å²) < 4.78 is 7.37. The summed E-state index contributed by atoms with van der Waals surface area (Å²) in [6, 6.07) is 16.8. The summed E-state index contributed by atoms with van der Waals surface area (Å²) in [6.45, 7) is -0.0285. The molecule has 0 fully saturated rings. The average molecular weight is 293 g/mol. The second-order valence-corrected chi connectivity index (χ2v) is 4.67. The Morgan fingerprint density at radius 1 is 1.09 bits per heavy atom. The van der Waals surface area contributed by atoms with Crippen molar-refractivity contribution in [2.45, 2.75) is 0 Å². The summed E-state index contributed by atoms with van der Waals surface area (Å²) >= 11 is 0. The Labute approximate surface area is 128 Å². The summed E-state index contributed by atoms with van der Waals surface area (Å²) in [5.74, 6) is 0.456. The first-order valence-corrected chi connectivity index (χ1v) is 6.87. The van der Waals surface area contributed by atoms with Crippen LogP contribution in [0.2, 0.25) is 0 Å². The van der Waals surface area contributed by atoms with Gasteiger partial charge in [0, 0.05) is 23.8 Å². The van der Waals surface area contributed by atoms with Crippen LogP contribution in [0, 0.1) is 0 Å². The van der Waals surface area contributed by atoms with Gasteiger partial charge in [0.05, 0.1) is 6.33 Å². The zero-order valence-corrected chi connectivity index (χ0v) is 11.8. The van der Waals surface area contributed by atoms with Crippen LogP contribution in [-0.2, 0) is 4.79 Å². The second kappa shape index (κ2) is 6.58. The molecule has 0 aliphatic carbocycles. The molecule has 0 spiro atoms. The number of ether oxygens (including phenoxy) is 1. The maximum Gasteiger partial charge on any atom is 0.262 e. The molecule has 0 bridgehead atoms. The molecule has 0 saturated carbocycles. The highest BCUT2D eigenvalue weighted by Gasteiger charge is 2.03. The van der Waals surface area contributed by atoms with Crippen LogP contribution in [0.1, 0.15) is 0 Å². The predicted octanol–water partition coefficient (Wildman–Crippen LogP) is 2.89. The topological polar surface area (TPSA) is 56.2 Å². The maximum absolute atomic E-state index is 11.8. The molecule has 0 atom stereocenters. The largest absolute Gasteiger partial charge is 0.484 e. The molecule has 1 heterocycles. The molecular formula is C17H15N3O2. The number of hydrogen-bond acceptors (Lipinski definition) is 3. The summed E-state index contributed by atoms with van der Waals surface area (Å²) in [4.78, 5) is 15.8. The van der Waals surface area contributed by atoms with Crippen molar-refractivity contribution < 1.29 is 9.53 Å². The molecule has 3 aromatic rings. The zero-order chi connectivity index (χ0) is 15.2. The van der Waals surface area contributed by atoms with E-state index in [9.17, 15) is 4.79 Å². The Bertz CT molecular complexity index is 722. The molecule has 5 nitrogen and oxygen atoms in total. The van der Waals surface area contributed by atoms with E-state index < -0.39 is 0 Å². The van der Waals surface area contributed by atoms with Gasteiger partial charge < -0.3 is 14.6 Å². The first-order chi connectivity index (χ1) is 10.8. The zero-order valence-electron chi connectivity index (χ0n) is 11.8. The number of anilines is 1. The van der Waals surface area contributed by atoms with E-state index in [-0.39, 0.29) is 12.5 Å². The molecule has 0 unspecified atom stereocenters. The van der Waals surface area contributed by atoms with Crippen molar-refractivity contribution in [1.82, 2.24) is 9.55 Å². The van der Waals surface area contributed by atoms with Gasteiger partial charge in [-0.1, -0.05) is 18.2 Å². The van der Waals surface area contributed by atoms with Crippen LogP contribution in [0.25, 0.3) is 5.69 Å². The Hall–Kier alpha value is -3.08. The monoisotopic (exact) mass is 293 g/mol. The van der Waals surface area contributed by atoms with Crippen LogP contribution in [0.5, 0.6) is 5.75 Å². The summed E-state index contributed by atoms with van der Waals surface area (Å²) in [7, 11) is 0. The fourth-order valence-corrected chi connectivity index (χ4v) is 1.99. The lowest BCUT2D eigenvalue weighted by Gasteiger charge is -2.08. The normalized spacial score (nSPS) is 10.2. The highest BCUT2D eigenvalue weighted by atomic mass is 16.5. The number of hydrogen-bond donors (Lipinski definition) is 1. The highest BCUT2D eigenvalue weighted by molar-refractivity contribution is 5.91. The van der Waals surface area contributed by atoms with Crippen LogP contribution in [0.4, 0.5) is 5.69 Å². The fraction of sp³-hybridized carbons (Fsp3) is 0.0588. The molecule has 0 radical (unpaired) electrons. The Morgan fingerprint density at radius 2 is 1.86 bits per heavy atom. The third kappa shape index (κ3) is 3.52. The molecule has 3 rings (SSSR count). The number of nitrogens with one attached hydrogen (secondary N) is 1. The number of para-hydroxylation sites is 1. The lowest BCUT2D eigenvalue weighted by atomic mass is 10.3. The average Bonchev–Trinajstić information content (AvgIpc) is 3.09. The number of amides is 1. The second-order valence-electron chi connectivity index (χ2n) is 4.67. The van der Waals surface area contributed by atoms with E-state index >= 15 is 0 Å². The van der Waals surface area contributed by atoms with E-state index in [1.165, 1.54) is 0 Å². The quantitative estimate of drug-likeness (QED) is 0.787. The van der Waals surface area contributed by atoms with Crippen molar-refractivity contribution in [1.29, 1.82) is 0 Å². The van der Waals surface area contributed by atoms with Crippen molar-refractivity contribution >= 4 is 11.6 Å². The number of rotatable bonds is 5. The molecule has 110 valence electrons. The molecule has 5 heteroatoms. The standard InChI is InChI=1S/C17H15N3O2/c21-17(19-14-4-2-1-3-5-14)12-22-16-8-6-15(7-9-16)20-11-10-18-13-20/h1-11,13H,12H2,(H,19,21). The SMILES string of the molecule is O=C(COc1ccc(-n2ccnc2)cc1)Nc1ccccc1. The molecular weight excluding hydrogens is 278 g/mol. The van der Waals surface area contributed by atoms with Crippen LogP contribution in [0.3, 0.4) is 0 Å². The highest BCUT2D eigenvalue weighted by Crippen LogP contribution is 2.15. The van der Waals surface area contributed by atoms with Crippen LogP contribution >= 0.6 is 0 Å². The first kappa shape index (κ1) is 13.9. The van der Waals surface area contributed by atoms with Crippen LogP contribution in [0.15, 0.2) is 73.3 Å². The fourth-order valence-electron chi connectivity index (χ4n) is 1.99. The third-order valence-electron chi connectivity index (χ3n) is 3.07. The van der Waals surface area contributed by atoms with Gasteiger partial charge in [-0.25, -0.2) is 4.98 Å². The number of aromatic nitrogens is 2.